The van der Waals surface area contributed by atoms with E-state index in [0.29, 0.717) is 11.8 Å². The Balaban J connectivity index is 1.52. The van der Waals surface area contributed by atoms with E-state index < -0.39 is 0 Å². The molecule has 0 bridgehead atoms. The summed E-state index contributed by atoms with van der Waals surface area (Å²) in [5.74, 6) is -0.220. The predicted octanol–water partition coefficient (Wildman–Crippen LogP) is 3.17. The summed E-state index contributed by atoms with van der Waals surface area (Å²) >= 11 is 3.27. The summed E-state index contributed by atoms with van der Waals surface area (Å²) in [4.78, 5) is 0. The number of benzene rings is 1. The molecule has 1 atom stereocenters. The SMILES string of the molecule is Fc1ccc(CNc2nnc(S[C@@H]3CCOC3)s2)cc1. The molecular weight excluding hydrogens is 297 g/mol. The maximum Gasteiger partial charge on any atom is 0.206 e. The van der Waals surface area contributed by atoms with Gasteiger partial charge in [-0.15, -0.1) is 10.2 Å². The maximum absolute atomic E-state index is 12.8. The molecule has 1 aromatic heterocycles. The second-order valence-corrected chi connectivity index (χ2v) is 6.98. The molecule has 4 nitrogen and oxygen atoms in total. The zero-order valence-corrected chi connectivity index (χ0v) is 12.3. The van der Waals surface area contributed by atoms with Crippen LogP contribution in [0.5, 0.6) is 0 Å². The van der Waals surface area contributed by atoms with Crippen molar-refractivity contribution in [3.05, 3.63) is 35.6 Å². The minimum Gasteiger partial charge on any atom is -0.380 e. The van der Waals surface area contributed by atoms with Crippen molar-refractivity contribution >= 4 is 28.2 Å². The van der Waals surface area contributed by atoms with E-state index in [1.807, 2.05) is 0 Å². The van der Waals surface area contributed by atoms with Crippen molar-refractivity contribution in [3.8, 4) is 0 Å². The summed E-state index contributed by atoms with van der Waals surface area (Å²) in [6.07, 6.45) is 1.07. The van der Waals surface area contributed by atoms with Gasteiger partial charge in [-0.2, -0.15) is 0 Å². The molecule has 0 amide bonds. The zero-order chi connectivity index (χ0) is 13.8. The fourth-order valence-corrected chi connectivity index (χ4v) is 3.92. The Morgan fingerprint density at radius 2 is 2.20 bits per heavy atom. The van der Waals surface area contributed by atoms with Crippen LogP contribution < -0.4 is 5.32 Å². The third-order valence-electron chi connectivity index (χ3n) is 2.92. The number of nitrogens with one attached hydrogen (secondary N) is 1. The molecular formula is C13H14FN3OS2. The van der Waals surface area contributed by atoms with Crippen molar-refractivity contribution in [2.24, 2.45) is 0 Å². The van der Waals surface area contributed by atoms with Crippen molar-refractivity contribution in [2.75, 3.05) is 18.5 Å². The first-order chi connectivity index (χ1) is 9.79. The van der Waals surface area contributed by atoms with Crippen LogP contribution in [0.4, 0.5) is 9.52 Å². The third-order valence-corrected chi connectivity index (χ3v) is 5.12. The molecule has 1 aromatic carbocycles. The second kappa shape index (κ2) is 6.51. The molecule has 0 spiro atoms. The van der Waals surface area contributed by atoms with Gasteiger partial charge in [0.05, 0.1) is 6.61 Å². The van der Waals surface area contributed by atoms with Gasteiger partial charge in [0.15, 0.2) is 4.34 Å². The molecule has 1 aliphatic heterocycles. The average molecular weight is 311 g/mol. The molecule has 0 unspecified atom stereocenters. The van der Waals surface area contributed by atoms with Gasteiger partial charge in [0.25, 0.3) is 0 Å². The first-order valence-electron chi connectivity index (χ1n) is 6.36. The minimum atomic E-state index is -0.220. The van der Waals surface area contributed by atoms with Crippen molar-refractivity contribution in [2.45, 2.75) is 22.6 Å². The highest BCUT2D eigenvalue weighted by Crippen LogP contribution is 2.32. The largest absolute Gasteiger partial charge is 0.380 e. The summed E-state index contributed by atoms with van der Waals surface area (Å²) < 4.78 is 19.1. The van der Waals surface area contributed by atoms with Crippen LogP contribution in [0.3, 0.4) is 0 Å². The topological polar surface area (TPSA) is 47.0 Å². The molecule has 2 aromatic rings. The van der Waals surface area contributed by atoms with Gasteiger partial charge in [0.1, 0.15) is 5.82 Å². The van der Waals surface area contributed by atoms with E-state index in [0.717, 1.165) is 34.7 Å². The molecule has 1 aliphatic rings. The Morgan fingerprint density at radius 1 is 1.35 bits per heavy atom. The van der Waals surface area contributed by atoms with Crippen LogP contribution in [0.25, 0.3) is 0 Å². The van der Waals surface area contributed by atoms with Gasteiger partial charge in [-0.3, -0.25) is 0 Å². The normalized spacial score (nSPS) is 18.4. The molecule has 1 N–H and O–H groups in total. The fraction of sp³-hybridized carbons (Fsp3) is 0.385. The van der Waals surface area contributed by atoms with Gasteiger partial charge >= 0.3 is 0 Å². The number of nitrogens with zero attached hydrogens (tertiary/aromatic N) is 2. The average Bonchev–Trinajstić information content (AvgIpc) is 3.11. The van der Waals surface area contributed by atoms with E-state index in [1.165, 1.54) is 12.1 Å². The summed E-state index contributed by atoms with van der Waals surface area (Å²) in [5.41, 5.74) is 1.01. The standard InChI is InChI=1S/C13H14FN3OS2/c14-10-3-1-9(2-4-10)7-15-12-16-17-13(20-12)19-11-5-6-18-8-11/h1-4,11H,5-8H2,(H,15,16)/t11-/m1/s1. The number of halogens is 1. The van der Waals surface area contributed by atoms with Gasteiger partial charge in [-0.05, 0) is 24.1 Å². The van der Waals surface area contributed by atoms with Crippen LogP contribution in [0, 0.1) is 5.82 Å². The highest BCUT2D eigenvalue weighted by molar-refractivity contribution is 8.01. The Labute approximate surface area is 124 Å². The lowest BCUT2D eigenvalue weighted by atomic mass is 10.2. The van der Waals surface area contributed by atoms with Crippen molar-refractivity contribution in [1.82, 2.24) is 10.2 Å². The highest BCUT2D eigenvalue weighted by Gasteiger charge is 2.19. The maximum atomic E-state index is 12.8. The van der Waals surface area contributed by atoms with Gasteiger partial charge < -0.3 is 10.1 Å². The fourth-order valence-electron chi connectivity index (χ4n) is 1.86. The Morgan fingerprint density at radius 3 is 2.95 bits per heavy atom. The van der Waals surface area contributed by atoms with Crippen molar-refractivity contribution in [1.29, 1.82) is 0 Å². The van der Waals surface area contributed by atoms with E-state index in [2.05, 4.69) is 15.5 Å². The van der Waals surface area contributed by atoms with Gasteiger partial charge in [-0.1, -0.05) is 35.2 Å². The van der Waals surface area contributed by atoms with Crippen LogP contribution in [0.2, 0.25) is 0 Å². The van der Waals surface area contributed by atoms with E-state index in [4.69, 9.17) is 4.74 Å². The van der Waals surface area contributed by atoms with Crippen LogP contribution in [0.15, 0.2) is 28.6 Å². The number of thioether (sulfide) groups is 1. The Kier molecular flexibility index (Phi) is 4.49. The molecule has 106 valence electrons. The van der Waals surface area contributed by atoms with Crippen molar-refractivity contribution in [3.63, 3.8) is 0 Å². The highest BCUT2D eigenvalue weighted by atomic mass is 32.2. The molecule has 1 fully saturated rings. The first-order valence-corrected chi connectivity index (χ1v) is 8.05. The van der Waals surface area contributed by atoms with Crippen molar-refractivity contribution < 1.29 is 9.13 Å². The lowest BCUT2D eigenvalue weighted by Crippen LogP contribution is -1.99. The first kappa shape index (κ1) is 13.8. The lowest BCUT2D eigenvalue weighted by molar-refractivity contribution is 0.199. The summed E-state index contributed by atoms with van der Waals surface area (Å²) in [6, 6.07) is 6.43. The van der Waals surface area contributed by atoms with Crippen LogP contribution in [-0.2, 0) is 11.3 Å². The molecule has 20 heavy (non-hydrogen) atoms. The minimum absolute atomic E-state index is 0.220. The quantitative estimate of drug-likeness (QED) is 0.919. The number of hydrogen-bond acceptors (Lipinski definition) is 6. The number of rotatable bonds is 5. The molecule has 7 heteroatoms. The molecule has 0 saturated carbocycles. The number of ether oxygens (including phenoxy) is 1. The number of anilines is 1. The van der Waals surface area contributed by atoms with E-state index >= 15 is 0 Å². The number of hydrogen-bond donors (Lipinski definition) is 1. The van der Waals surface area contributed by atoms with Crippen LogP contribution in [-0.4, -0.2) is 28.7 Å². The zero-order valence-electron chi connectivity index (χ0n) is 10.7. The monoisotopic (exact) mass is 311 g/mol. The molecule has 1 saturated heterocycles. The van der Waals surface area contributed by atoms with E-state index in [9.17, 15) is 4.39 Å². The van der Waals surface area contributed by atoms with Gasteiger partial charge in [0.2, 0.25) is 5.13 Å². The summed E-state index contributed by atoms with van der Waals surface area (Å²) in [7, 11) is 0. The Hall–Kier alpha value is -1.18. The smallest absolute Gasteiger partial charge is 0.206 e. The van der Waals surface area contributed by atoms with Crippen LogP contribution in [0.1, 0.15) is 12.0 Å². The molecule has 0 radical (unpaired) electrons. The van der Waals surface area contributed by atoms with Gasteiger partial charge in [0, 0.05) is 18.4 Å². The predicted molar refractivity (Wildman–Crippen MR) is 78.7 cm³/mol. The molecule has 2 heterocycles. The lowest BCUT2D eigenvalue weighted by Gasteiger charge is -2.02. The van der Waals surface area contributed by atoms with Gasteiger partial charge in [-0.25, -0.2) is 4.39 Å². The van der Waals surface area contributed by atoms with E-state index in [-0.39, 0.29) is 5.82 Å². The third kappa shape index (κ3) is 3.68. The number of aromatic nitrogens is 2. The molecule has 0 aliphatic carbocycles. The second-order valence-electron chi connectivity index (χ2n) is 4.46. The Bertz CT molecular complexity index is 555. The van der Waals surface area contributed by atoms with Crippen LogP contribution >= 0.6 is 23.1 Å². The summed E-state index contributed by atoms with van der Waals surface area (Å²) in [5, 5.41) is 12.8. The molecule has 3 rings (SSSR count). The summed E-state index contributed by atoms with van der Waals surface area (Å²) in [6.45, 7) is 2.25. The van der Waals surface area contributed by atoms with E-state index in [1.54, 1.807) is 35.2 Å².